The number of thiazole rings is 1. The van der Waals surface area contributed by atoms with Crippen molar-refractivity contribution in [2.75, 3.05) is 13.2 Å². The molecule has 0 unspecified atom stereocenters. The van der Waals surface area contributed by atoms with Crippen LogP contribution in [0, 0.1) is 0 Å². The van der Waals surface area contributed by atoms with Gasteiger partial charge in [0.1, 0.15) is 13.2 Å². The molecule has 1 aromatic carbocycles. The maximum atomic E-state index is 5.68. The zero-order chi connectivity index (χ0) is 11.7. The molecule has 0 aliphatic carbocycles. The van der Waals surface area contributed by atoms with Gasteiger partial charge in [-0.3, -0.25) is 0 Å². The first-order valence-electron chi connectivity index (χ1n) is 5.41. The van der Waals surface area contributed by atoms with Crippen LogP contribution in [0.4, 0.5) is 0 Å². The molecule has 0 radical (unpaired) electrons. The molecule has 2 N–H and O–H groups in total. The molecule has 5 heteroatoms. The van der Waals surface area contributed by atoms with E-state index < -0.39 is 0 Å². The number of aromatic nitrogens is 1. The number of ether oxygens (including phenoxy) is 2. The summed E-state index contributed by atoms with van der Waals surface area (Å²) >= 11 is 1.57. The van der Waals surface area contributed by atoms with Crippen LogP contribution in [0.2, 0.25) is 0 Å². The summed E-state index contributed by atoms with van der Waals surface area (Å²) in [6.07, 6.45) is 0. The van der Waals surface area contributed by atoms with Crippen LogP contribution < -0.4 is 15.2 Å². The van der Waals surface area contributed by atoms with Gasteiger partial charge in [0, 0.05) is 17.0 Å². The summed E-state index contributed by atoms with van der Waals surface area (Å²) in [5.74, 6) is 1.58. The highest BCUT2D eigenvalue weighted by atomic mass is 32.1. The molecule has 0 amide bonds. The van der Waals surface area contributed by atoms with Gasteiger partial charge in [0.25, 0.3) is 0 Å². The molecule has 0 atom stereocenters. The lowest BCUT2D eigenvalue weighted by molar-refractivity contribution is 0.171. The lowest BCUT2D eigenvalue weighted by Crippen LogP contribution is -2.15. The molecule has 88 valence electrons. The average molecular weight is 248 g/mol. The SMILES string of the molecule is NCc1scnc1-c1ccc2c(c1)OCCO2. The van der Waals surface area contributed by atoms with Gasteiger partial charge in [-0.05, 0) is 18.2 Å². The van der Waals surface area contributed by atoms with Gasteiger partial charge < -0.3 is 15.2 Å². The summed E-state index contributed by atoms with van der Waals surface area (Å²) in [5.41, 5.74) is 9.46. The highest BCUT2D eigenvalue weighted by Crippen LogP contribution is 2.35. The quantitative estimate of drug-likeness (QED) is 0.883. The van der Waals surface area contributed by atoms with E-state index in [4.69, 9.17) is 15.2 Å². The first-order chi connectivity index (χ1) is 8.38. The number of nitrogens with zero attached hydrogens (tertiary/aromatic N) is 1. The predicted molar refractivity (Wildman–Crippen MR) is 66.4 cm³/mol. The van der Waals surface area contributed by atoms with Crippen molar-refractivity contribution in [2.24, 2.45) is 5.73 Å². The lowest BCUT2D eigenvalue weighted by Gasteiger charge is -2.18. The van der Waals surface area contributed by atoms with Crippen LogP contribution in [0.1, 0.15) is 4.88 Å². The van der Waals surface area contributed by atoms with Crippen molar-refractivity contribution in [3.05, 3.63) is 28.6 Å². The van der Waals surface area contributed by atoms with Crippen molar-refractivity contribution < 1.29 is 9.47 Å². The monoisotopic (exact) mass is 248 g/mol. The zero-order valence-corrected chi connectivity index (χ0v) is 10.00. The average Bonchev–Trinajstić information content (AvgIpc) is 2.86. The first kappa shape index (κ1) is 10.6. The third kappa shape index (κ3) is 1.87. The van der Waals surface area contributed by atoms with Crippen molar-refractivity contribution in [3.8, 4) is 22.8 Å². The van der Waals surface area contributed by atoms with Crippen molar-refractivity contribution in [3.63, 3.8) is 0 Å². The third-order valence-electron chi connectivity index (χ3n) is 2.64. The molecule has 0 fully saturated rings. The third-order valence-corrected chi connectivity index (χ3v) is 3.50. The van der Waals surface area contributed by atoms with E-state index in [0.29, 0.717) is 19.8 Å². The van der Waals surface area contributed by atoms with Crippen LogP contribution in [-0.4, -0.2) is 18.2 Å². The largest absolute Gasteiger partial charge is 0.486 e. The van der Waals surface area contributed by atoms with Gasteiger partial charge in [0.2, 0.25) is 0 Å². The highest BCUT2D eigenvalue weighted by molar-refractivity contribution is 7.10. The Morgan fingerprint density at radius 2 is 2.06 bits per heavy atom. The van der Waals surface area contributed by atoms with E-state index in [9.17, 15) is 0 Å². The minimum absolute atomic E-state index is 0.508. The standard InChI is InChI=1S/C12H12N2O2S/c13-6-11-12(14-7-17-11)8-1-2-9-10(5-8)16-4-3-15-9/h1-2,5,7H,3-4,6,13H2. The fraction of sp³-hybridized carbons (Fsp3) is 0.250. The van der Waals surface area contributed by atoms with Crippen LogP contribution in [0.3, 0.4) is 0 Å². The van der Waals surface area contributed by atoms with Gasteiger partial charge in [0.05, 0.1) is 11.2 Å². The fourth-order valence-corrected chi connectivity index (χ4v) is 2.51. The van der Waals surface area contributed by atoms with Crippen LogP contribution in [-0.2, 0) is 6.54 Å². The molecule has 1 aromatic heterocycles. The van der Waals surface area contributed by atoms with E-state index in [0.717, 1.165) is 27.6 Å². The molecule has 0 bridgehead atoms. The van der Waals surface area contributed by atoms with E-state index in [2.05, 4.69) is 4.98 Å². The first-order valence-corrected chi connectivity index (χ1v) is 6.29. The second-order valence-electron chi connectivity index (χ2n) is 3.69. The lowest BCUT2D eigenvalue weighted by atomic mass is 10.1. The number of nitrogens with two attached hydrogens (primary N) is 1. The van der Waals surface area contributed by atoms with Crippen LogP contribution in [0.25, 0.3) is 11.3 Å². The second kappa shape index (κ2) is 4.35. The van der Waals surface area contributed by atoms with Gasteiger partial charge in [-0.15, -0.1) is 11.3 Å². The van der Waals surface area contributed by atoms with Crippen molar-refractivity contribution >= 4 is 11.3 Å². The zero-order valence-electron chi connectivity index (χ0n) is 9.18. The topological polar surface area (TPSA) is 57.4 Å². The van der Waals surface area contributed by atoms with Crippen molar-refractivity contribution in [2.45, 2.75) is 6.54 Å². The summed E-state index contributed by atoms with van der Waals surface area (Å²) in [6.45, 7) is 1.71. The number of fused-ring (bicyclic) bond motifs is 1. The van der Waals surface area contributed by atoms with E-state index in [1.807, 2.05) is 23.7 Å². The smallest absolute Gasteiger partial charge is 0.162 e. The number of benzene rings is 1. The summed E-state index contributed by atoms with van der Waals surface area (Å²) in [5, 5.41) is 0. The fourth-order valence-electron chi connectivity index (χ4n) is 1.84. The molecule has 1 aliphatic heterocycles. The van der Waals surface area contributed by atoms with Crippen LogP contribution in [0.5, 0.6) is 11.5 Å². The Bertz CT molecular complexity index is 539. The van der Waals surface area contributed by atoms with E-state index in [1.54, 1.807) is 11.3 Å². The summed E-state index contributed by atoms with van der Waals surface area (Å²) in [7, 11) is 0. The molecule has 2 heterocycles. The second-order valence-corrected chi connectivity index (χ2v) is 4.63. The molecule has 17 heavy (non-hydrogen) atoms. The normalized spacial score (nSPS) is 13.7. The number of hydrogen-bond acceptors (Lipinski definition) is 5. The van der Waals surface area contributed by atoms with Crippen LogP contribution in [0.15, 0.2) is 23.7 Å². The number of hydrogen-bond donors (Lipinski definition) is 1. The summed E-state index contributed by atoms with van der Waals surface area (Å²) in [6, 6.07) is 5.87. The maximum Gasteiger partial charge on any atom is 0.162 e. The van der Waals surface area contributed by atoms with Crippen molar-refractivity contribution in [1.82, 2.24) is 4.98 Å². The summed E-state index contributed by atoms with van der Waals surface area (Å²) in [4.78, 5) is 5.43. The molecule has 0 saturated heterocycles. The molecule has 0 spiro atoms. The molecule has 0 saturated carbocycles. The Labute approximate surface area is 103 Å². The number of rotatable bonds is 2. The Balaban J connectivity index is 2.04. The van der Waals surface area contributed by atoms with E-state index >= 15 is 0 Å². The minimum atomic E-state index is 0.508. The van der Waals surface area contributed by atoms with Gasteiger partial charge in [-0.2, -0.15) is 0 Å². The molecule has 3 rings (SSSR count). The Hall–Kier alpha value is -1.59. The van der Waals surface area contributed by atoms with Gasteiger partial charge in [-0.1, -0.05) is 0 Å². The minimum Gasteiger partial charge on any atom is -0.486 e. The van der Waals surface area contributed by atoms with Gasteiger partial charge in [0.15, 0.2) is 11.5 Å². The van der Waals surface area contributed by atoms with Gasteiger partial charge in [-0.25, -0.2) is 4.98 Å². The Morgan fingerprint density at radius 1 is 1.24 bits per heavy atom. The Morgan fingerprint density at radius 3 is 2.88 bits per heavy atom. The molecule has 4 nitrogen and oxygen atoms in total. The Kier molecular flexibility index (Phi) is 2.70. The molecule has 2 aromatic rings. The summed E-state index contributed by atoms with van der Waals surface area (Å²) < 4.78 is 11.0. The maximum absolute atomic E-state index is 5.68. The van der Waals surface area contributed by atoms with E-state index in [1.165, 1.54) is 0 Å². The molecular weight excluding hydrogens is 236 g/mol. The van der Waals surface area contributed by atoms with E-state index in [-0.39, 0.29) is 0 Å². The van der Waals surface area contributed by atoms with Crippen LogP contribution >= 0.6 is 11.3 Å². The highest BCUT2D eigenvalue weighted by Gasteiger charge is 2.14. The van der Waals surface area contributed by atoms with Gasteiger partial charge >= 0.3 is 0 Å². The molecular formula is C12H12N2O2S. The predicted octanol–water partition coefficient (Wildman–Crippen LogP) is 2.04. The van der Waals surface area contributed by atoms with Crippen molar-refractivity contribution in [1.29, 1.82) is 0 Å². The molecule has 1 aliphatic rings.